The minimum Gasteiger partial charge on any atom is -0.496 e. The van der Waals surface area contributed by atoms with Gasteiger partial charge in [0, 0.05) is 45.2 Å². The lowest BCUT2D eigenvalue weighted by Crippen LogP contribution is -2.12. The second-order valence-corrected chi connectivity index (χ2v) is 10.9. The number of rotatable bonds is 6. The van der Waals surface area contributed by atoms with Crippen molar-refractivity contribution in [1.82, 2.24) is 9.97 Å². The molecule has 2 aromatic carbocycles. The number of aromatic nitrogens is 2. The molecule has 0 unspecified atom stereocenters. The molecular weight excluding hydrogens is 476 g/mol. The Balaban J connectivity index is 1.73. The van der Waals surface area contributed by atoms with Crippen LogP contribution in [0.25, 0.3) is 33.2 Å². The maximum Gasteiger partial charge on any atom is 0.256 e. The summed E-state index contributed by atoms with van der Waals surface area (Å²) in [4.78, 5) is 20.5. The van der Waals surface area contributed by atoms with E-state index >= 15 is 0 Å². The van der Waals surface area contributed by atoms with E-state index in [0.717, 1.165) is 41.5 Å². The highest BCUT2D eigenvalue weighted by atomic mass is 32.2. The SMILES string of the molecule is COc1c(C2(C#N)CC2)cc(-c2ccc(C)[nH]c2=O)c2ncc(-c3ccc(NS(C)(=O)=O)cc3)cc12. The van der Waals surface area contributed by atoms with Crippen molar-refractivity contribution in [1.29, 1.82) is 5.26 Å². The summed E-state index contributed by atoms with van der Waals surface area (Å²) in [5.74, 6) is 0.570. The normalized spacial score (nSPS) is 14.3. The quantitative estimate of drug-likeness (QED) is 0.402. The van der Waals surface area contributed by atoms with Crippen LogP contribution in [-0.4, -0.2) is 31.8 Å². The van der Waals surface area contributed by atoms with Crippen molar-refractivity contribution in [2.45, 2.75) is 25.2 Å². The van der Waals surface area contributed by atoms with Crippen LogP contribution in [0.1, 0.15) is 24.1 Å². The molecule has 0 amide bonds. The summed E-state index contributed by atoms with van der Waals surface area (Å²) < 4.78 is 31.3. The molecule has 0 atom stereocenters. The summed E-state index contributed by atoms with van der Waals surface area (Å²) in [5.41, 5.74) is 4.40. The molecule has 2 heterocycles. The van der Waals surface area contributed by atoms with Gasteiger partial charge in [0.2, 0.25) is 10.0 Å². The second-order valence-electron chi connectivity index (χ2n) is 9.15. The number of fused-ring (bicyclic) bond motifs is 1. The molecule has 1 aliphatic carbocycles. The van der Waals surface area contributed by atoms with Crippen molar-refractivity contribution in [2.24, 2.45) is 0 Å². The number of hydrogen-bond acceptors (Lipinski definition) is 6. The highest BCUT2D eigenvalue weighted by Gasteiger charge is 2.47. The van der Waals surface area contributed by atoms with Crippen molar-refractivity contribution in [2.75, 3.05) is 18.1 Å². The lowest BCUT2D eigenvalue weighted by molar-refractivity contribution is 0.412. The van der Waals surface area contributed by atoms with Crippen LogP contribution in [0.5, 0.6) is 5.75 Å². The van der Waals surface area contributed by atoms with E-state index in [-0.39, 0.29) is 5.56 Å². The zero-order chi connectivity index (χ0) is 25.7. The first-order valence-corrected chi connectivity index (χ1v) is 13.2. The maximum atomic E-state index is 12.9. The van der Waals surface area contributed by atoms with E-state index in [4.69, 9.17) is 9.72 Å². The fourth-order valence-electron chi connectivity index (χ4n) is 4.51. The van der Waals surface area contributed by atoms with Gasteiger partial charge >= 0.3 is 0 Å². The molecule has 1 aliphatic rings. The summed E-state index contributed by atoms with van der Waals surface area (Å²) in [6, 6.07) is 16.8. The highest BCUT2D eigenvalue weighted by Crippen LogP contribution is 2.53. The summed E-state index contributed by atoms with van der Waals surface area (Å²) in [6.07, 6.45) is 4.25. The number of aromatic amines is 1. The number of anilines is 1. The molecule has 36 heavy (non-hydrogen) atoms. The third-order valence-corrected chi connectivity index (χ3v) is 7.08. The van der Waals surface area contributed by atoms with Crippen LogP contribution in [-0.2, 0) is 15.4 Å². The van der Waals surface area contributed by atoms with E-state index in [1.165, 1.54) is 0 Å². The highest BCUT2D eigenvalue weighted by molar-refractivity contribution is 7.92. The first-order valence-electron chi connectivity index (χ1n) is 11.4. The van der Waals surface area contributed by atoms with Crippen LogP contribution in [0.4, 0.5) is 5.69 Å². The van der Waals surface area contributed by atoms with Crippen molar-refractivity contribution in [3.63, 3.8) is 0 Å². The van der Waals surface area contributed by atoms with E-state index < -0.39 is 15.4 Å². The minimum atomic E-state index is -3.38. The predicted octanol–water partition coefficient (Wildman–Crippen LogP) is 4.50. The number of methoxy groups -OCH3 is 1. The van der Waals surface area contributed by atoms with Gasteiger partial charge in [-0.25, -0.2) is 8.42 Å². The second kappa shape index (κ2) is 8.50. The van der Waals surface area contributed by atoms with Gasteiger partial charge in [-0.3, -0.25) is 14.5 Å². The van der Waals surface area contributed by atoms with E-state index in [1.807, 2.05) is 25.1 Å². The summed E-state index contributed by atoms with van der Waals surface area (Å²) in [7, 11) is -1.81. The Morgan fingerprint density at radius 1 is 1.08 bits per heavy atom. The van der Waals surface area contributed by atoms with Crippen molar-refractivity contribution in [3.8, 4) is 34.1 Å². The molecule has 1 saturated carbocycles. The molecular formula is C27H24N4O4S. The molecule has 0 spiro atoms. The lowest BCUT2D eigenvalue weighted by atomic mass is 9.89. The smallest absolute Gasteiger partial charge is 0.256 e. The molecule has 5 rings (SSSR count). The molecule has 0 aliphatic heterocycles. The number of ether oxygens (including phenoxy) is 1. The molecule has 182 valence electrons. The molecule has 0 bridgehead atoms. The predicted molar refractivity (Wildman–Crippen MR) is 140 cm³/mol. The number of pyridine rings is 2. The molecule has 2 aromatic heterocycles. The summed E-state index contributed by atoms with van der Waals surface area (Å²) >= 11 is 0. The molecule has 8 nitrogen and oxygen atoms in total. The Labute approximate surface area is 208 Å². The molecule has 4 aromatic rings. The number of nitriles is 1. The van der Waals surface area contributed by atoms with Gasteiger partial charge < -0.3 is 9.72 Å². The Morgan fingerprint density at radius 2 is 1.81 bits per heavy atom. The van der Waals surface area contributed by atoms with Crippen LogP contribution < -0.4 is 15.0 Å². The zero-order valence-corrected chi connectivity index (χ0v) is 20.9. The van der Waals surface area contributed by atoms with Crippen molar-refractivity contribution < 1.29 is 13.2 Å². The first-order chi connectivity index (χ1) is 17.1. The Kier molecular flexibility index (Phi) is 5.57. The van der Waals surface area contributed by atoms with Gasteiger partial charge in [-0.1, -0.05) is 12.1 Å². The number of H-pyrrole nitrogens is 1. The van der Waals surface area contributed by atoms with Crippen molar-refractivity contribution >= 4 is 26.6 Å². The van der Waals surface area contributed by atoms with E-state index in [2.05, 4.69) is 15.8 Å². The first kappa shape index (κ1) is 23.6. The maximum absolute atomic E-state index is 12.9. The van der Waals surface area contributed by atoms with Gasteiger partial charge in [0.1, 0.15) is 5.75 Å². The van der Waals surface area contributed by atoms with Crippen LogP contribution in [0.3, 0.4) is 0 Å². The molecule has 1 fully saturated rings. The molecule has 0 saturated heterocycles. The van der Waals surface area contributed by atoms with Gasteiger partial charge in [-0.05, 0) is 61.7 Å². The Hall–Kier alpha value is -4.16. The average Bonchev–Trinajstić information content (AvgIpc) is 3.64. The average molecular weight is 501 g/mol. The molecule has 9 heteroatoms. The number of benzene rings is 2. The number of hydrogen-bond donors (Lipinski definition) is 2. The zero-order valence-electron chi connectivity index (χ0n) is 20.0. The van der Waals surface area contributed by atoms with Crippen molar-refractivity contribution in [3.05, 3.63) is 76.3 Å². The van der Waals surface area contributed by atoms with Gasteiger partial charge in [0.25, 0.3) is 5.56 Å². The van der Waals surface area contributed by atoms with E-state index in [0.29, 0.717) is 33.5 Å². The van der Waals surface area contributed by atoms with Crippen LogP contribution in [0, 0.1) is 18.3 Å². The van der Waals surface area contributed by atoms with Crippen LogP contribution >= 0.6 is 0 Å². The Morgan fingerprint density at radius 3 is 2.39 bits per heavy atom. The third kappa shape index (κ3) is 4.20. The largest absolute Gasteiger partial charge is 0.496 e. The fraction of sp³-hybridized carbons (Fsp3) is 0.222. The standard InChI is InChI=1S/C27H24N4O4S/c1-16-4-9-20(26(32)30-16)21-13-23(27(15-28)10-11-27)25(35-2)22-12-18(14-29-24(21)22)17-5-7-19(8-6-17)31-36(3,33)34/h4-9,12-14,31H,10-11H2,1-3H3,(H,30,32). The van der Waals surface area contributed by atoms with Gasteiger partial charge in [-0.2, -0.15) is 5.26 Å². The number of nitrogens with one attached hydrogen (secondary N) is 2. The number of sulfonamides is 1. The molecule has 0 radical (unpaired) electrons. The third-order valence-electron chi connectivity index (χ3n) is 6.47. The summed E-state index contributed by atoms with van der Waals surface area (Å²) in [6.45, 7) is 1.82. The van der Waals surface area contributed by atoms with Crippen LogP contribution in [0.15, 0.2) is 59.5 Å². The number of aryl methyl sites for hydroxylation is 1. The van der Waals surface area contributed by atoms with Gasteiger partial charge in [0.15, 0.2) is 0 Å². The monoisotopic (exact) mass is 500 g/mol. The van der Waals surface area contributed by atoms with Gasteiger partial charge in [-0.15, -0.1) is 0 Å². The lowest BCUT2D eigenvalue weighted by Gasteiger charge is -2.18. The fourth-order valence-corrected chi connectivity index (χ4v) is 5.07. The van der Waals surface area contributed by atoms with Crippen LogP contribution in [0.2, 0.25) is 0 Å². The topological polar surface area (TPSA) is 125 Å². The minimum absolute atomic E-state index is 0.228. The van der Waals surface area contributed by atoms with E-state index in [9.17, 15) is 18.5 Å². The number of nitrogens with zero attached hydrogens (tertiary/aromatic N) is 2. The van der Waals surface area contributed by atoms with Gasteiger partial charge in [0.05, 0.1) is 30.4 Å². The summed E-state index contributed by atoms with van der Waals surface area (Å²) in [5, 5.41) is 10.7. The molecule has 2 N–H and O–H groups in total. The Bertz CT molecular complexity index is 1710. The van der Waals surface area contributed by atoms with E-state index in [1.54, 1.807) is 43.6 Å².